The zero-order valence-electron chi connectivity index (χ0n) is 15.0. The zero-order valence-corrected chi connectivity index (χ0v) is 15.8. The van der Waals surface area contributed by atoms with E-state index in [4.69, 9.17) is 18.0 Å². The number of piperidine rings is 1. The summed E-state index contributed by atoms with van der Waals surface area (Å²) in [6, 6.07) is 10.5. The summed E-state index contributed by atoms with van der Waals surface area (Å²) in [6.45, 7) is 1.76. The van der Waals surface area contributed by atoms with E-state index in [1.165, 1.54) is 17.0 Å². The number of halogens is 2. The Morgan fingerprint density at radius 2 is 1.85 bits per heavy atom. The van der Waals surface area contributed by atoms with Crippen LogP contribution in [-0.4, -0.2) is 35.9 Å². The molecule has 1 fully saturated rings. The number of ketones is 1. The largest absolute Gasteiger partial charge is 0.376 e. The molecule has 4 nitrogen and oxygen atoms in total. The summed E-state index contributed by atoms with van der Waals surface area (Å²) in [6.07, 6.45) is 1.61. The van der Waals surface area contributed by atoms with Crippen LogP contribution in [-0.2, 0) is 0 Å². The maximum absolute atomic E-state index is 14.3. The molecule has 0 unspecified atom stereocenters. The van der Waals surface area contributed by atoms with Gasteiger partial charge in [-0.15, -0.1) is 0 Å². The highest BCUT2D eigenvalue weighted by Crippen LogP contribution is 2.31. The van der Waals surface area contributed by atoms with Crippen LogP contribution in [0.15, 0.2) is 42.5 Å². The number of carbonyl (C=O) groups excluding carboxylic acids is 1. The van der Waals surface area contributed by atoms with Crippen LogP contribution in [0.2, 0.25) is 0 Å². The van der Waals surface area contributed by atoms with Crippen LogP contribution >= 0.6 is 12.2 Å². The van der Waals surface area contributed by atoms with Crippen molar-refractivity contribution in [3.05, 3.63) is 59.7 Å². The van der Waals surface area contributed by atoms with Crippen molar-refractivity contribution < 1.29 is 13.6 Å². The fourth-order valence-corrected chi connectivity index (χ4v) is 3.56. The molecule has 0 bridgehead atoms. The van der Waals surface area contributed by atoms with Crippen molar-refractivity contribution in [1.29, 1.82) is 0 Å². The Morgan fingerprint density at radius 3 is 2.52 bits per heavy atom. The van der Waals surface area contributed by atoms with Gasteiger partial charge in [-0.1, -0.05) is 18.2 Å². The van der Waals surface area contributed by atoms with Crippen LogP contribution in [0.25, 0.3) is 0 Å². The molecule has 7 heteroatoms. The molecular formula is C20H21F2N3OS. The number of carbonyl (C=O) groups is 1. The fourth-order valence-electron chi connectivity index (χ4n) is 3.35. The lowest BCUT2D eigenvalue weighted by Gasteiger charge is -2.28. The average Bonchev–Trinajstić information content (AvgIpc) is 2.65. The first-order valence-corrected chi connectivity index (χ1v) is 9.15. The third kappa shape index (κ3) is 4.14. The van der Waals surface area contributed by atoms with Crippen molar-refractivity contribution in [2.75, 3.05) is 25.0 Å². The van der Waals surface area contributed by atoms with Gasteiger partial charge in [0.2, 0.25) is 0 Å². The summed E-state index contributed by atoms with van der Waals surface area (Å²) in [7, 11) is 2.04. The number of anilines is 2. The molecule has 142 valence electrons. The first-order chi connectivity index (χ1) is 12.9. The van der Waals surface area contributed by atoms with E-state index in [1.807, 2.05) is 7.05 Å². The van der Waals surface area contributed by atoms with Crippen molar-refractivity contribution in [3.8, 4) is 0 Å². The normalized spacial score (nSPS) is 15.5. The second-order valence-electron chi connectivity index (χ2n) is 6.74. The third-order valence-corrected chi connectivity index (χ3v) is 5.05. The molecule has 1 saturated heterocycles. The smallest absolute Gasteiger partial charge is 0.182 e. The minimum atomic E-state index is -1.04. The van der Waals surface area contributed by atoms with Gasteiger partial charge in [-0.3, -0.25) is 9.69 Å². The number of likely N-dealkylation sites (tertiary alicyclic amines) is 1. The molecule has 3 rings (SSSR count). The minimum absolute atomic E-state index is 0.0411. The Morgan fingerprint density at radius 1 is 1.19 bits per heavy atom. The van der Waals surface area contributed by atoms with Gasteiger partial charge >= 0.3 is 0 Å². The number of hydrogen-bond donors (Lipinski definition) is 1. The maximum Gasteiger partial charge on any atom is 0.182 e. The topological polar surface area (TPSA) is 49.6 Å². The van der Waals surface area contributed by atoms with Gasteiger partial charge in [-0.05, 0) is 69.5 Å². The molecule has 1 aliphatic rings. The second kappa shape index (κ2) is 8.10. The highest BCUT2D eigenvalue weighted by Gasteiger charge is 2.25. The number of benzene rings is 2. The van der Waals surface area contributed by atoms with Crippen molar-refractivity contribution in [2.45, 2.75) is 12.8 Å². The Balaban J connectivity index is 1.94. The summed E-state index contributed by atoms with van der Waals surface area (Å²) >= 11 is 5.06. The predicted molar refractivity (Wildman–Crippen MR) is 106 cm³/mol. The third-order valence-electron chi connectivity index (χ3n) is 4.87. The molecule has 2 aromatic rings. The molecule has 0 aliphatic carbocycles. The molecule has 0 aromatic heterocycles. The average molecular weight is 389 g/mol. The van der Waals surface area contributed by atoms with E-state index in [9.17, 15) is 13.6 Å². The standard InChI is InChI=1S/C20H21F2N3OS/c1-24-10-8-13(9-11-24)19(26)14-4-2-5-15(12-14)25(20(23)27)17-7-3-6-16(21)18(17)22/h2-7,12-13H,8-11H2,1H3,(H2,23,27). The van der Waals surface area contributed by atoms with Gasteiger partial charge in [0, 0.05) is 17.2 Å². The molecule has 0 radical (unpaired) electrons. The first kappa shape index (κ1) is 19.4. The van der Waals surface area contributed by atoms with E-state index >= 15 is 0 Å². The van der Waals surface area contributed by atoms with Crippen LogP contribution in [0.4, 0.5) is 20.2 Å². The second-order valence-corrected chi connectivity index (χ2v) is 7.16. The van der Waals surface area contributed by atoms with Crippen molar-refractivity contribution in [3.63, 3.8) is 0 Å². The van der Waals surface area contributed by atoms with Gasteiger partial charge in [0.1, 0.15) is 0 Å². The number of Topliss-reactive ketones (excluding diaryl/α,β-unsaturated/α-hetero) is 1. The van der Waals surface area contributed by atoms with Crippen molar-refractivity contribution in [1.82, 2.24) is 4.90 Å². The zero-order chi connectivity index (χ0) is 19.6. The Hall–Kier alpha value is -2.38. The van der Waals surface area contributed by atoms with Gasteiger partial charge in [-0.25, -0.2) is 8.78 Å². The van der Waals surface area contributed by atoms with E-state index < -0.39 is 11.6 Å². The molecule has 2 N–H and O–H groups in total. The summed E-state index contributed by atoms with van der Waals surface area (Å²) in [4.78, 5) is 16.3. The number of nitrogens with zero attached hydrogens (tertiary/aromatic N) is 2. The van der Waals surface area contributed by atoms with Crippen molar-refractivity contribution >= 4 is 34.5 Å². The molecule has 0 spiro atoms. The van der Waals surface area contributed by atoms with Gasteiger partial charge in [0.25, 0.3) is 0 Å². The van der Waals surface area contributed by atoms with Gasteiger partial charge < -0.3 is 10.6 Å². The number of rotatable bonds is 4. The van der Waals surface area contributed by atoms with E-state index in [2.05, 4.69) is 4.90 Å². The quantitative estimate of drug-likeness (QED) is 0.635. The molecule has 0 amide bonds. The van der Waals surface area contributed by atoms with Gasteiger partial charge in [0.15, 0.2) is 22.5 Å². The van der Waals surface area contributed by atoms with Crippen molar-refractivity contribution in [2.24, 2.45) is 11.7 Å². The lowest BCUT2D eigenvalue weighted by Crippen LogP contribution is -2.34. The Bertz CT molecular complexity index is 866. The lowest BCUT2D eigenvalue weighted by molar-refractivity contribution is 0.0857. The molecular weight excluding hydrogens is 368 g/mol. The summed E-state index contributed by atoms with van der Waals surface area (Å²) in [5.74, 6) is -2.03. The molecule has 2 aromatic carbocycles. The predicted octanol–water partition coefficient (Wildman–Crippen LogP) is 3.87. The summed E-state index contributed by atoms with van der Waals surface area (Å²) in [5, 5.41) is -0.136. The maximum atomic E-state index is 14.3. The molecule has 1 aliphatic heterocycles. The summed E-state index contributed by atoms with van der Waals surface area (Å²) < 4.78 is 27.9. The van der Waals surface area contributed by atoms with Gasteiger partial charge in [0.05, 0.1) is 5.69 Å². The highest BCUT2D eigenvalue weighted by atomic mass is 32.1. The molecule has 0 atom stereocenters. The van der Waals surface area contributed by atoms with E-state index in [0.717, 1.165) is 32.0 Å². The Kier molecular flexibility index (Phi) is 5.82. The summed E-state index contributed by atoms with van der Waals surface area (Å²) in [5.41, 5.74) is 6.63. The molecule has 27 heavy (non-hydrogen) atoms. The van der Waals surface area contributed by atoms with Crippen LogP contribution < -0.4 is 10.6 Å². The van der Waals surface area contributed by atoms with Crippen LogP contribution in [0.3, 0.4) is 0 Å². The SMILES string of the molecule is CN1CCC(C(=O)c2cccc(N(C(N)=S)c3cccc(F)c3F)c2)CC1. The van der Waals surface area contributed by atoms with E-state index in [1.54, 1.807) is 24.3 Å². The van der Waals surface area contributed by atoms with Gasteiger partial charge in [-0.2, -0.15) is 0 Å². The first-order valence-electron chi connectivity index (χ1n) is 8.75. The van der Waals surface area contributed by atoms with Crippen LogP contribution in [0, 0.1) is 17.6 Å². The molecule has 0 saturated carbocycles. The number of hydrogen-bond acceptors (Lipinski definition) is 3. The van der Waals surface area contributed by atoms with E-state index in [-0.39, 0.29) is 22.5 Å². The highest BCUT2D eigenvalue weighted by molar-refractivity contribution is 7.80. The lowest BCUT2D eigenvalue weighted by atomic mass is 9.89. The minimum Gasteiger partial charge on any atom is -0.376 e. The monoisotopic (exact) mass is 389 g/mol. The number of thiocarbonyl (C=S) groups is 1. The molecule has 1 heterocycles. The Labute approximate surface area is 162 Å². The van der Waals surface area contributed by atoms with Crippen LogP contribution in [0.5, 0.6) is 0 Å². The fraction of sp³-hybridized carbons (Fsp3) is 0.300. The van der Waals surface area contributed by atoms with E-state index in [0.29, 0.717) is 11.3 Å². The number of nitrogens with two attached hydrogens (primary N) is 1. The van der Waals surface area contributed by atoms with Crippen LogP contribution in [0.1, 0.15) is 23.2 Å².